The summed E-state index contributed by atoms with van der Waals surface area (Å²) in [6, 6.07) is 10.8. The molecule has 140 valence electrons. The molecule has 1 saturated heterocycles. The molecule has 0 N–H and O–H groups in total. The van der Waals surface area contributed by atoms with Crippen LogP contribution in [0.5, 0.6) is 0 Å². The molecule has 1 unspecified atom stereocenters. The van der Waals surface area contributed by atoms with E-state index >= 15 is 0 Å². The molecular formula is C21H30N4S. The van der Waals surface area contributed by atoms with Gasteiger partial charge in [-0.2, -0.15) is 0 Å². The summed E-state index contributed by atoms with van der Waals surface area (Å²) in [6.45, 7) is 5.62. The molecule has 1 aliphatic heterocycles. The lowest BCUT2D eigenvalue weighted by Gasteiger charge is -2.34. The Morgan fingerprint density at radius 3 is 2.62 bits per heavy atom. The first-order chi connectivity index (χ1) is 12.7. The summed E-state index contributed by atoms with van der Waals surface area (Å²) >= 11 is 1.59. The van der Waals surface area contributed by atoms with Gasteiger partial charge < -0.3 is 4.90 Å². The van der Waals surface area contributed by atoms with Crippen molar-refractivity contribution in [2.45, 2.75) is 31.0 Å². The average molecular weight is 371 g/mol. The van der Waals surface area contributed by atoms with Crippen LogP contribution < -0.4 is 0 Å². The van der Waals surface area contributed by atoms with E-state index in [0.29, 0.717) is 0 Å². The molecule has 1 aromatic carbocycles. The maximum absolute atomic E-state index is 4.44. The van der Waals surface area contributed by atoms with Crippen LogP contribution in [0.15, 0.2) is 47.9 Å². The van der Waals surface area contributed by atoms with Gasteiger partial charge in [-0.25, -0.2) is 9.97 Å². The normalized spacial score (nSPS) is 18.3. The van der Waals surface area contributed by atoms with Crippen LogP contribution in [0.4, 0.5) is 0 Å². The first-order valence-corrected chi connectivity index (χ1v) is 10.7. The van der Waals surface area contributed by atoms with Crippen LogP contribution in [0.3, 0.4) is 0 Å². The highest BCUT2D eigenvalue weighted by atomic mass is 32.2. The molecule has 3 rings (SSSR count). The van der Waals surface area contributed by atoms with Crippen LogP contribution in [0, 0.1) is 5.92 Å². The fraction of sp³-hybridized carbons (Fsp3) is 0.524. The third-order valence-electron chi connectivity index (χ3n) is 5.07. The topological polar surface area (TPSA) is 32.3 Å². The van der Waals surface area contributed by atoms with E-state index in [4.69, 9.17) is 0 Å². The Balaban J connectivity index is 1.63. The van der Waals surface area contributed by atoms with Crippen molar-refractivity contribution in [1.82, 2.24) is 19.8 Å². The van der Waals surface area contributed by atoms with Crippen LogP contribution in [-0.4, -0.2) is 59.3 Å². The minimum atomic E-state index is 0.760. The van der Waals surface area contributed by atoms with Crippen LogP contribution in [0.1, 0.15) is 24.0 Å². The lowest BCUT2D eigenvalue weighted by molar-refractivity contribution is 0.148. The molecule has 2 heterocycles. The second-order valence-corrected chi connectivity index (χ2v) is 8.09. The number of nitrogens with zero attached hydrogens (tertiary/aromatic N) is 4. The number of likely N-dealkylation sites (tertiary alicyclic amines) is 1. The quantitative estimate of drug-likeness (QED) is 0.524. The molecule has 4 nitrogen and oxygen atoms in total. The zero-order chi connectivity index (χ0) is 18.2. The molecule has 1 atom stereocenters. The summed E-state index contributed by atoms with van der Waals surface area (Å²) in [4.78, 5) is 14.0. The predicted molar refractivity (Wildman–Crippen MR) is 109 cm³/mol. The maximum Gasteiger partial charge on any atom is 0.187 e. The van der Waals surface area contributed by atoms with E-state index in [0.717, 1.165) is 37.1 Å². The summed E-state index contributed by atoms with van der Waals surface area (Å²) in [5.41, 5.74) is 2.62. The Labute approximate surface area is 162 Å². The highest BCUT2D eigenvalue weighted by Crippen LogP contribution is 2.18. The Kier molecular flexibility index (Phi) is 7.47. The molecule has 5 heteroatoms. The van der Waals surface area contributed by atoms with Gasteiger partial charge in [0, 0.05) is 44.1 Å². The molecule has 0 spiro atoms. The Morgan fingerprint density at radius 1 is 1.15 bits per heavy atom. The van der Waals surface area contributed by atoms with Gasteiger partial charge in [-0.1, -0.05) is 42.1 Å². The fourth-order valence-electron chi connectivity index (χ4n) is 3.74. The first-order valence-electron chi connectivity index (χ1n) is 9.52. The van der Waals surface area contributed by atoms with E-state index in [9.17, 15) is 0 Å². The second kappa shape index (κ2) is 10.0. The zero-order valence-electron chi connectivity index (χ0n) is 16.0. The molecule has 0 aliphatic carbocycles. The van der Waals surface area contributed by atoms with Crippen molar-refractivity contribution >= 4 is 11.8 Å². The molecule has 0 bridgehead atoms. The van der Waals surface area contributed by atoms with E-state index in [2.05, 4.69) is 57.1 Å². The summed E-state index contributed by atoms with van der Waals surface area (Å²) < 4.78 is 0. The van der Waals surface area contributed by atoms with Crippen molar-refractivity contribution in [3.63, 3.8) is 0 Å². The maximum atomic E-state index is 4.44. The van der Waals surface area contributed by atoms with E-state index in [1.165, 1.54) is 37.1 Å². The number of piperidine rings is 1. The SMILES string of the molecule is CSc1ncc(CN(CCc2ccccc2)CC2CCCN(C)C2)cn1. The Morgan fingerprint density at radius 2 is 1.92 bits per heavy atom. The third kappa shape index (κ3) is 6.08. The van der Waals surface area contributed by atoms with Gasteiger partial charge >= 0.3 is 0 Å². The van der Waals surface area contributed by atoms with Gasteiger partial charge in [0.15, 0.2) is 5.16 Å². The standard InChI is InChI=1S/C21H30N4S/c1-24-11-6-9-19(15-24)16-25(12-10-18-7-4-3-5-8-18)17-20-13-22-21(26-2)23-14-20/h3-5,7-8,13-14,19H,6,9-12,15-17H2,1-2H3. The number of thioether (sulfide) groups is 1. The number of hydrogen-bond donors (Lipinski definition) is 0. The number of hydrogen-bond acceptors (Lipinski definition) is 5. The highest BCUT2D eigenvalue weighted by molar-refractivity contribution is 7.98. The van der Waals surface area contributed by atoms with Crippen LogP contribution in [-0.2, 0) is 13.0 Å². The van der Waals surface area contributed by atoms with Gasteiger partial charge in [0.2, 0.25) is 0 Å². The minimum Gasteiger partial charge on any atom is -0.306 e. The van der Waals surface area contributed by atoms with Crippen LogP contribution >= 0.6 is 11.8 Å². The summed E-state index contributed by atoms with van der Waals surface area (Å²) in [5.74, 6) is 0.760. The Bertz CT molecular complexity index is 647. The molecule has 0 radical (unpaired) electrons. The van der Waals surface area contributed by atoms with Crippen LogP contribution in [0.25, 0.3) is 0 Å². The summed E-state index contributed by atoms with van der Waals surface area (Å²) in [7, 11) is 2.25. The smallest absolute Gasteiger partial charge is 0.187 e. The highest BCUT2D eigenvalue weighted by Gasteiger charge is 2.20. The summed E-state index contributed by atoms with van der Waals surface area (Å²) in [6.07, 6.45) is 9.74. The van der Waals surface area contributed by atoms with Gasteiger partial charge in [-0.05, 0) is 50.6 Å². The minimum absolute atomic E-state index is 0.760. The van der Waals surface area contributed by atoms with Crippen molar-refractivity contribution in [3.8, 4) is 0 Å². The van der Waals surface area contributed by atoms with E-state index in [1.807, 2.05) is 18.6 Å². The van der Waals surface area contributed by atoms with Gasteiger partial charge in [-0.3, -0.25) is 4.90 Å². The van der Waals surface area contributed by atoms with Crippen molar-refractivity contribution in [1.29, 1.82) is 0 Å². The van der Waals surface area contributed by atoms with Gasteiger partial charge in [0.25, 0.3) is 0 Å². The van der Waals surface area contributed by atoms with Crippen molar-refractivity contribution in [2.75, 3.05) is 39.5 Å². The van der Waals surface area contributed by atoms with Crippen molar-refractivity contribution < 1.29 is 0 Å². The number of benzene rings is 1. The largest absolute Gasteiger partial charge is 0.306 e. The molecule has 0 amide bonds. The molecule has 1 fully saturated rings. The zero-order valence-corrected chi connectivity index (χ0v) is 16.8. The predicted octanol–water partition coefficient (Wildman–Crippen LogP) is 3.59. The van der Waals surface area contributed by atoms with E-state index in [-0.39, 0.29) is 0 Å². The second-order valence-electron chi connectivity index (χ2n) is 7.32. The van der Waals surface area contributed by atoms with Crippen molar-refractivity contribution in [3.05, 3.63) is 53.9 Å². The van der Waals surface area contributed by atoms with Crippen molar-refractivity contribution in [2.24, 2.45) is 5.92 Å². The molecule has 1 aromatic heterocycles. The Hall–Kier alpha value is -1.43. The monoisotopic (exact) mass is 370 g/mol. The lowest BCUT2D eigenvalue weighted by Crippen LogP contribution is -2.39. The third-order valence-corrected chi connectivity index (χ3v) is 5.64. The number of rotatable bonds is 8. The first kappa shape index (κ1) is 19.3. The molecule has 2 aromatic rings. The van der Waals surface area contributed by atoms with E-state index in [1.54, 1.807) is 11.8 Å². The summed E-state index contributed by atoms with van der Waals surface area (Å²) in [5, 5.41) is 0.846. The van der Waals surface area contributed by atoms with Gasteiger partial charge in [0.1, 0.15) is 0 Å². The van der Waals surface area contributed by atoms with E-state index < -0.39 is 0 Å². The molecule has 0 saturated carbocycles. The van der Waals surface area contributed by atoms with Gasteiger partial charge in [-0.15, -0.1) is 0 Å². The fourth-order valence-corrected chi connectivity index (χ4v) is 4.06. The van der Waals surface area contributed by atoms with Gasteiger partial charge in [0.05, 0.1) is 0 Å². The molecular weight excluding hydrogens is 340 g/mol. The lowest BCUT2D eigenvalue weighted by atomic mass is 9.97. The average Bonchev–Trinajstić information content (AvgIpc) is 2.67. The molecule has 26 heavy (non-hydrogen) atoms. The molecule has 1 aliphatic rings. The van der Waals surface area contributed by atoms with Crippen LogP contribution in [0.2, 0.25) is 0 Å². The number of aromatic nitrogens is 2.